The first-order valence-electron chi connectivity index (χ1n) is 3.90. The highest BCUT2D eigenvalue weighted by atomic mass is 16.7. The number of rotatable bonds is 1. The number of hydrogen-bond donors (Lipinski definition) is 2. The van der Waals surface area contributed by atoms with E-state index in [1.54, 1.807) is 0 Å². The van der Waals surface area contributed by atoms with Crippen molar-refractivity contribution in [3.05, 3.63) is 0 Å². The number of aliphatic hydroxyl groups is 2. The Hall–Kier alpha value is -0.200. The van der Waals surface area contributed by atoms with E-state index in [1.165, 1.54) is 7.11 Å². The van der Waals surface area contributed by atoms with E-state index in [0.29, 0.717) is 6.61 Å². The van der Waals surface area contributed by atoms with Crippen LogP contribution in [0, 0.1) is 5.92 Å². The van der Waals surface area contributed by atoms with E-state index in [9.17, 15) is 10.2 Å². The van der Waals surface area contributed by atoms with Gasteiger partial charge in [-0.15, -0.1) is 0 Å². The van der Waals surface area contributed by atoms with Gasteiger partial charge in [0.2, 0.25) is 0 Å². The van der Waals surface area contributed by atoms with E-state index >= 15 is 0 Å². The topological polar surface area (TPSA) is 68.2 Å². The summed E-state index contributed by atoms with van der Waals surface area (Å²) in [6, 6.07) is 0. The van der Waals surface area contributed by atoms with Crippen LogP contribution in [0.5, 0.6) is 0 Å². The summed E-state index contributed by atoms with van der Waals surface area (Å²) < 4.78 is 15.0. The normalized spacial score (nSPS) is 52.8. The number of aliphatic hydroxyl groups excluding tert-OH is 2. The minimum absolute atomic E-state index is 0.236. The van der Waals surface area contributed by atoms with Gasteiger partial charge in [0.1, 0.15) is 6.10 Å². The standard InChI is InChI=1S/C7H12O5/c1-10-7-5(8)4-3(12-7)2-11-6(4)9/h3-9H,2H2,1H3/t3-,4+,5-,6-,7+/m1/s1. The summed E-state index contributed by atoms with van der Waals surface area (Å²) in [6.45, 7) is 0.322. The molecule has 2 heterocycles. The number of fused-ring (bicyclic) bond motifs is 1. The Bertz CT molecular complexity index is 173. The Morgan fingerprint density at radius 1 is 1.42 bits per heavy atom. The largest absolute Gasteiger partial charge is 0.387 e. The minimum atomic E-state index is -0.926. The number of ether oxygens (including phenoxy) is 3. The van der Waals surface area contributed by atoms with Crippen LogP contribution in [0.2, 0.25) is 0 Å². The van der Waals surface area contributed by atoms with Gasteiger partial charge in [0.05, 0.1) is 18.6 Å². The zero-order valence-electron chi connectivity index (χ0n) is 6.71. The lowest BCUT2D eigenvalue weighted by Gasteiger charge is -2.17. The fourth-order valence-corrected chi connectivity index (χ4v) is 1.75. The molecule has 0 unspecified atom stereocenters. The highest BCUT2D eigenvalue weighted by Gasteiger charge is 2.51. The maximum atomic E-state index is 9.54. The predicted molar refractivity (Wildman–Crippen MR) is 37.1 cm³/mol. The molecule has 5 atom stereocenters. The van der Waals surface area contributed by atoms with Gasteiger partial charge < -0.3 is 24.4 Å². The summed E-state index contributed by atoms with van der Waals surface area (Å²) in [5, 5.41) is 18.8. The molecule has 0 aromatic rings. The van der Waals surface area contributed by atoms with Crippen LogP contribution in [-0.4, -0.2) is 48.7 Å². The second-order valence-corrected chi connectivity index (χ2v) is 3.07. The minimum Gasteiger partial charge on any atom is -0.387 e. The summed E-state index contributed by atoms with van der Waals surface area (Å²) >= 11 is 0. The van der Waals surface area contributed by atoms with Crippen molar-refractivity contribution < 1.29 is 24.4 Å². The molecule has 2 N–H and O–H groups in total. The molecule has 2 saturated heterocycles. The van der Waals surface area contributed by atoms with Crippen LogP contribution < -0.4 is 0 Å². The van der Waals surface area contributed by atoms with Crippen LogP contribution in [0.25, 0.3) is 0 Å². The summed E-state index contributed by atoms with van der Waals surface area (Å²) in [6.07, 6.45) is -2.58. The van der Waals surface area contributed by atoms with Gasteiger partial charge in [0, 0.05) is 7.11 Å². The Labute approximate surface area is 69.8 Å². The molecule has 70 valence electrons. The first-order valence-corrected chi connectivity index (χ1v) is 3.90. The third-order valence-electron chi connectivity index (χ3n) is 2.40. The van der Waals surface area contributed by atoms with E-state index in [1.807, 2.05) is 0 Å². The smallest absolute Gasteiger partial charge is 0.184 e. The highest BCUT2D eigenvalue weighted by Crippen LogP contribution is 2.35. The van der Waals surface area contributed by atoms with Gasteiger partial charge >= 0.3 is 0 Å². The second kappa shape index (κ2) is 2.93. The summed E-state index contributed by atoms with van der Waals surface area (Å²) in [7, 11) is 1.46. The first-order chi connectivity index (χ1) is 5.74. The van der Waals surface area contributed by atoms with Gasteiger partial charge in [0.25, 0.3) is 0 Å². The molecule has 0 saturated carbocycles. The lowest BCUT2D eigenvalue weighted by molar-refractivity contribution is -0.176. The molecule has 2 rings (SSSR count). The van der Waals surface area contributed by atoms with E-state index < -0.39 is 18.7 Å². The Kier molecular flexibility index (Phi) is 2.05. The molecule has 0 radical (unpaired) electrons. The van der Waals surface area contributed by atoms with Crippen molar-refractivity contribution in [2.24, 2.45) is 5.92 Å². The molecule has 2 fully saturated rings. The summed E-state index contributed by atoms with van der Waals surface area (Å²) in [5.41, 5.74) is 0. The molecule has 0 spiro atoms. The molecular formula is C7H12O5. The van der Waals surface area contributed by atoms with Crippen molar-refractivity contribution in [1.29, 1.82) is 0 Å². The Morgan fingerprint density at radius 2 is 2.17 bits per heavy atom. The maximum Gasteiger partial charge on any atom is 0.184 e. The summed E-state index contributed by atoms with van der Waals surface area (Å²) in [4.78, 5) is 0. The molecule has 0 amide bonds. The van der Waals surface area contributed by atoms with Crippen LogP contribution >= 0.6 is 0 Å². The molecule has 5 heteroatoms. The van der Waals surface area contributed by atoms with Crippen molar-refractivity contribution in [2.75, 3.05) is 13.7 Å². The zero-order valence-corrected chi connectivity index (χ0v) is 6.71. The van der Waals surface area contributed by atoms with Crippen LogP contribution in [0.15, 0.2) is 0 Å². The molecule has 0 bridgehead atoms. The van der Waals surface area contributed by atoms with E-state index in [2.05, 4.69) is 0 Å². The molecule has 5 nitrogen and oxygen atoms in total. The van der Waals surface area contributed by atoms with Gasteiger partial charge in [-0.3, -0.25) is 0 Å². The summed E-state index contributed by atoms with van der Waals surface area (Å²) in [5.74, 6) is -0.366. The maximum absolute atomic E-state index is 9.54. The van der Waals surface area contributed by atoms with Crippen molar-refractivity contribution in [3.63, 3.8) is 0 Å². The van der Waals surface area contributed by atoms with Crippen molar-refractivity contribution >= 4 is 0 Å². The van der Waals surface area contributed by atoms with E-state index in [4.69, 9.17) is 14.2 Å². The van der Waals surface area contributed by atoms with Crippen molar-refractivity contribution in [3.8, 4) is 0 Å². The third-order valence-corrected chi connectivity index (χ3v) is 2.40. The average molecular weight is 176 g/mol. The fraction of sp³-hybridized carbons (Fsp3) is 1.00. The second-order valence-electron chi connectivity index (χ2n) is 3.07. The van der Waals surface area contributed by atoms with Crippen LogP contribution in [-0.2, 0) is 14.2 Å². The Balaban J connectivity index is 2.09. The van der Waals surface area contributed by atoms with Gasteiger partial charge in [-0.2, -0.15) is 0 Å². The van der Waals surface area contributed by atoms with Crippen molar-refractivity contribution in [1.82, 2.24) is 0 Å². The van der Waals surface area contributed by atoms with Gasteiger partial charge in [-0.25, -0.2) is 0 Å². The van der Waals surface area contributed by atoms with Crippen LogP contribution in [0.4, 0.5) is 0 Å². The predicted octanol–water partition coefficient (Wildman–Crippen LogP) is -1.32. The van der Waals surface area contributed by atoms with E-state index in [-0.39, 0.29) is 12.0 Å². The monoisotopic (exact) mass is 176 g/mol. The molecule has 2 aliphatic rings. The number of methoxy groups -OCH3 is 1. The molecule has 0 aromatic heterocycles. The molecular weight excluding hydrogens is 164 g/mol. The van der Waals surface area contributed by atoms with Gasteiger partial charge in [-0.1, -0.05) is 0 Å². The quantitative estimate of drug-likeness (QED) is 0.519. The molecule has 0 aromatic carbocycles. The third kappa shape index (κ3) is 1.06. The van der Waals surface area contributed by atoms with E-state index in [0.717, 1.165) is 0 Å². The van der Waals surface area contributed by atoms with Gasteiger partial charge in [-0.05, 0) is 0 Å². The highest BCUT2D eigenvalue weighted by molar-refractivity contribution is 4.92. The SMILES string of the molecule is CO[C@H]1O[C@@H]2CO[C@@H](O)[C@@H]2[C@H]1O. The lowest BCUT2D eigenvalue weighted by Crippen LogP contribution is -2.33. The van der Waals surface area contributed by atoms with Crippen LogP contribution in [0.3, 0.4) is 0 Å². The van der Waals surface area contributed by atoms with Crippen molar-refractivity contribution in [2.45, 2.75) is 24.8 Å². The number of hydrogen-bond acceptors (Lipinski definition) is 5. The molecule has 2 aliphatic heterocycles. The van der Waals surface area contributed by atoms with Gasteiger partial charge in [0.15, 0.2) is 12.6 Å². The lowest BCUT2D eigenvalue weighted by atomic mass is 10.0. The Morgan fingerprint density at radius 3 is 2.75 bits per heavy atom. The molecule has 12 heavy (non-hydrogen) atoms. The average Bonchev–Trinajstić information content (AvgIpc) is 2.55. The molecule has 0 aliphatic carbocycles. The van der Waals surface area contributed by atoms with Crippen LogP contribution in [0.1, 0.15) is 0 Å². The fourth-order valence-electron chi connectivity index (χ4n) is 1.75. The zero-order chi connectivity index (χ0) is 8.72. The first kappa shape index (κ1) is 8.40.